The molecular weight excluding hydrogens is 340 g/mol. The number of likely N-dealkylation sites (N-methyl/N-ethyl adjacent to an activating group) is 1. The maximum atomic E-state index is 12.8. The number of para-hydroxylation sites is 2. The molecule has 1 saturated heterocycles. The summed E-state index contributed by atoms with van der Waals surface area (Å²) in [7, 11) is 3.86. The third-order valence-corrected chi connectivity index (χ3v) is 5.02. The normalized spacial score (nSPS) is 19.9. The lowest BCUT2D eigenvalue weighted by molar-refractivity contribution is 0.0236. The predicted molar refractivity (Wildman–Crippen MR) is 106 cm³/mol. The van der Waals surface area contributed by atoms with Crippen LogP contribution in [0, 0.1) is 0 Å². The summed E-state index contributed by atoms with van der Waals surface area (Å²) in [5.41, 5.74) is 2.65. The van der Waals surface area contributed by atoms with E-state index >= 15 is 0 Å². The van der Waals surface area contributed by atoms with Crippen LogP contribution in [0.25, 0.3) is 22.4 Å². The Morgan fingerprint density at radius 1 is 1.22 bits per heavy atom. The number of aromatic nitrogens is 2. The van der Waals surface area contributed by atoms with Crippen molar-refractivity contribution in [2.45, 2.75) is 12.0 Å². The van der Waals surface area contributed by atoms with Gasteiger partial charge in [0.25, 0.3) is 5.91 Å². The predicted octanol–water partition coefficient (Wildman–Crippen LogP) is 2.37. The maximum Gasteiger partial charge on any atom is 0.253 e. The fraction of sp³-hybridized carbons (Fsp3) is 0.333. The molecule has 3 aromatic rings. The van der Waals surface area contributed by atoms with Crippen LogP contribution in [0.4, 0.5) is 0 Å². The van der Waals surface area contributed by atoms with E-state index in [0.29, 0.717) is 31.6 Å². The Bertz CT molecular complexity index is 931. The van der Waals surface area contributed by atoms with Gasteiger partial charge in [-0.25, -0.2) is 4.98 Å². The average Bonchev–Trinajstić information content (AvgIpc) is 3.24. The molecular formula is C21H24N4O2. The molecule has 0 spiro atoms. The van der Waals surface area contributed by atoms with Crippen molar-refractivity contribution >= 4 is 16.9 Å². The van der Waals surface area contributed by atoms with Gasteiger partial charge in [-0.2, -0.15) is 0 Å². The standard InChI is InChI=1S/C21H24N4O2/c1-24(2)13-21(27)11-12-25(14-21)20(26)16-9-7-15(8-10-16)19-22-17-5-3-4-6-18(17)23-19/h3-10,27H,11-14H2,1-2H3,(H,22,23)/t21-/m1/s1. The topological polar surface area (TPSA) is 72.5 Å². The van der Waals surface area contributed by atoms with E-state index in [1.54, 1.807) is 4.90 Å². The number of aromatic amines is 1. The first kappa shape index (κ1) is 17.7. The summed E-state index contributed by atoms with van der Waals surface area (Å²) >= 11 is 0. The first-order valence-electron chi connectivity index (χ1n) is 9.15. The van der Waals surface area contributed by atoms with Gasteiger partial charge in [0, 0.05) is 24.2 Å². The molecule has 1 aromatic heterocycles. The van der Waals surface area contributed by atoms with Gasteiger partial charge in [0.1, 0.15) is 5.82 Å². The van der Waals surface area contributed by atoms with Gasteiger partial charge in [-0.05, 0) is 44.8 Å². The number of nitrogens with zero attached hydrogens (tertiary/aromatic N) is 3. The van der Waals surface area contributed by atoms with E-state index in [-0.39, 0.29) is 5.91 Å². The molecule has 1 fully saturated rings. The molecule has 0 unspecified atom stereocenters. The minimum atomic E-state index is -0.826. The molecule has 1 atom stereocenters. The number of imidazole rings is 1. The van der Waals surface area contributed by atoms with Crippen molar-refractivity contribution < 1.29 is 9.90 Å². The molecule has 2 N–H and O–H groups in total. The number of hydrogen-bond donors (Lipinski definition) is 2. The number of β-amino-alcohol motifs (C(OH)–C–C–N with tert-alkyl or cyclic N) is 1. The van der Waals surface area contributed by atoms with Crippen molar-refractivity contribution in [3.8, 4) is 11.4 Å². The molecule has 1 amide bonds. The van der Waals surface area contributed by atoms with Gasteiger partial charge in [-0.15, -0.1) is 0 Å². The van der Waals surface area contributed by atoms with Gasteiger partial charge in [-0.3, -0.25) is 4.79 Å². The number of amides is 1. The second-order valence-corrected chi connectivity index (χ2v) is 7.62. The van der Waals surface area contributed by atoms with Crippen molar-refractivity contribution in [1.82, 2.24) is 19.8 Å². The number of H-pyrrole nitrogens is 1. The van der Waals surface area contributed by atoms with Gasteiger partial charge < -0.3 is 19.9 Å². The summed E-state index contributed by atoms with van der Waals surface area (Å²) in [4.78, 5) is 24.4. The molecule has 0 saturated carbocycles. The van der Waals surface area contributed by atoms with Crippen LogP contribution < -0.4 is 0 Å². The number of rotatable bonds is 4. The summed E-state index contributed by atoms with van der Waals surface area (Å²) in [6, 6.07) is 15.4. The monoisotopic (exact) mass is 364 g/mol. The highest BCUT2D eigenvalue weighted by Crippen LogP contribution is 2.25. The summed E-state index contributed by atoms with van der Waals surface area (Å²) in [5, 5.41) is 10.6. The van der Waals surface area contributed by atoms with Crippen LogP contribution in [0.1, 0.15) is 16.8 Å². The van der Waals surface area contributed by atoms with Crippen LogP contribution in [0.5, 0.6) is 0 Å². The summed E-state index contributed by atoms with van der Waals surface area (Å²) in [5.74, 6) is 0.748. The Labute approximate surface area is 158 Å². The van der Waals surface area contributed by atoms with Crippen LogP contribution in [0.2, 0.25) is 0 Å². The van der Waals surface area contributed by atoms with Gasteiger partial charge in [0.15, 0.2) is 0 Å². The second-order valence-electron chi connectivity index (χ2n) is 7.62. The first-order chi connectivity index (χ1) is 12.9. The Kier molecular flexibility index (Phi) is 4.45. The van der Waals surface area contributed by atoms with Gasteiger partial charge in [-0.1, -0.05) is 24.3 Å². The Morgan fingerprint density at radius 3 is 2.67 bits per heavy atom. The third kappa shape index (κ3) is 3.59. The zero-order valence-corrected chi connectivity index (χ0v) is 15.6. The molecule has 140 valence electrons. The van der Waals surface area contributed by atoms with E-state index in [9.17, 15) is 9.90 Å². The summed E-state index contributed by atoms with van der Waals surface area (Å²) in [6.07, 6.45) is 0.605. The highest BCUT2D eigenvalue weighted by Gasteiger charge is 2.38. The summed E-state index contributed by atoms with van der Waals surface area (Å²) in [6.45, 7) is 1.51. The van der Waals surface area contributed by atoms with Gasteiger partial charge >= 0.3 is 0 Å². The number of aliphatic hydroxyl groups is 1. The van der Waals surface area contributed by atoms with Crippen molar-refractivity contribution in [2.75, 3.05) is 33.7 Å². The fourth-order valence-electron chi connectivity index (χ4n) is 3.79. The lowest BCUT2D eigenvalue weighted by Gasteiger charge is -2.26. The van der Waals surface area contributed by atoms with Gasteiger partial charge in [0.05, 0.1) is 23.2 Å². The van der Waals surface area contributed by atoms with E-state index in [4.69, 9.17) is 0 Å². The third-order valence-electron chi connectivity index (χ3n) is 5.02. The van der Waals surface area contributed by atoms with E-state index in [1.807, 2.05) is 67.5 Å². The fourth-order valence-corrected chi connectivity index (χ4v) is 3.79. The number of fused-ring (bicyclic) bond motifs is 1. The highest BCUT2D eigenvalue weighted by atomic mass is 16.3. The lowest BCUT2D eigenvalue weighted by atomic mass is 10.0. The molecule has 0 radical (unpaired) electrons. The van der Waals surface area contributed by atoms with Crippen LogP contribution in [0.3, 0.4) is 0 Å². The Balaban J connectivity index is 1.50. The molecule has 2 aromatic carbocycles. The zero-order valence-electron chi connectivity index (χ0n) is 15.6. The number of nitrogens with one attached hydrogen (secondary N) is 1. The Hall–Kier alpha value is -2.70. The largest absolute Gasteiger partial charge is 0.387 e. The molecule has 1 aliphatic rings. The quantitative estimate of drug-likeness (QED) is 0.746. The van der Waals surface area contributed by atoms with Crippen LogP contribution in [-0.4, -0.2) is 70.1 Å². The minimum absolute atomic E-state index is 0.0409. The number of carbonyl (C=O) groups is 1. The van der Waals surface area contributed by atoms with Crippen molar-refractivity contribution in [3.05, 3.63) is 54.1 Å². The molecule has 27 heavy (non-hydrogen) atoms. The molecule has 6 nitrogen and oxygen atoms in total. The molecule has 2 heterocycles. The number of hydrogen-bond acceptors (Lipinski definition) is 4. The van der Waals surface area contributed by atoms with Crippen molar-refractivity contribution in [3.63, 3.8) is 0 Å². The van der Waals surface area contributed by atoms with Crippen LogP contribution in [0.15, 0.2) is 48.5 Å². The van der Waals surface area contributed by atoms with Crippen molar-refractivity contribution in [2.24, 2.45) is 0 Å². The highest BCUT2D eigenvalue weighted by molar-refractivity contribution is 5.95. The molecule has 0 aliphatic carbocycles. The molecule has 4 rings (SSSR count). The second kappa shape index (κ2) is 6.79. The zero-order chi connectivity index (χ0) is 19.0. The number of benzene rings is 2. The average molecular weight is 364 g/mol. The summed E-state index contributed by atoms with van der Waals surface area (Å²) < 4.78 is 0. The van der Waals surface area contributed by atoms with E-state index in [1.165, 1.54) is 0 Å². The Morgan fingerprint density at radius 2 is 1.96 bits per heavy atom. The van der Waals surface area contributed by atoms with E-state index in [0.717, 1.165) is 22.4 Å². The van der Waals surface area contributed by atoms with Crippen molar-refractivity contribution in [1.29, 1.82) is 0 Å². The van der Waals surface area contributed by atoms with Crippen LogP contribution >= 0.6 is 0 Å². The number of likely N-dealkylation sites (tertiary alicyclic amines) is 1. The molecule has 6 heteroatoms. The minimum Gasteiger partial charge on any atom is -0.387 e. The molecule has 1 aliphatic heterocycles. The van der Waals surface area contributed by atoms with Gasteiger partial charge in [0.2, 0.25) is 0 Å². The molecule has 0 bridgehead atoms. The van der Waals surface area contributed by atoms with E-state index < -0.39 is 5.60 Å². The smallest absolute Gasteiger partial charge is 0.253 e. The number of carbonyl (C=O) groups excluding carboxylic acids is 1. The first-order valence-corrected chi connectivity index (χ1v) is 9.15. The van der Waals surface area contributed by atoms with Crippen LogP contribution in [-0.2, 0) is 0 Å². The maximum absolute atomic E-state index is 12.8. The lowest BCUT2D eigenvalue weighted by Crippen LogP contribution is -2.43. The van der Waals surface area contributed by atoms with E-state index in [2.05, 4.69) is 9.97 Å². The SMILES string of the molecule is CN(C)C[C@]1(O)CCN(C(=O)c2ccc(-c3nc4ccccc4[nH]3)cc2)C1.